The van der Waals surface area contributed by atoms with Gasteiger partial charge in [0, 0.05) is 12.6 Å². The molecule has 4 nitrogen and oxygen atoms in total. The van der Waals surface area contributed by atoms with Gasteiger partial charge in [-0.1, -0.05) is 28.8 Å². The van der Waals surface area contributed by atoms with E-state index in [9.17, 15) is 4.39 Å². The van der Waals surface area contributed by atoms with Gasteiger partial charge in [0.25, 0.3) is 0 Å². The van der Waals surface area contributed by atoms with Crippen molar-refractivity contribution in [3.8, 4) is 23.1 Å². The van der Waals surface area contributed by atoms with Gasteiger partial charge in [0.2, 0.25) is 0 Å². The average molecular weight is 304 g/mol. The standard InChI is InChI=1S/C15H11ClFN3O/c1-20-14(12-4-2-3-5-13(12)16)18-19-15(20)21-11-8-6-10(17)7-9-11/h2-9H,1H3. The lowest BCUT2D eigenvalue weighted by Gasteiger charge is -2.06. The van der Waals surface area contributed by atoms with E-state index in [4.69, 9.17) is 16.3 Å². The van der Waals surface area contributed by atoms with E-state index in [2.05, 4.69) is 10.2 Å². The summed E-state index contributed by atoms with van der Waals surface area (Å²) in [4.78, 5) is 0. The van der Waals surface area contributed by atoms with Gasteiger partial charge in [-0.2, -0.15) is 0 Å². The summed E-state index contributed by atoms with van der Waals surface area (Å²) in [6.07, 6.45) is 0. The molecule has 6 heteroatoms. The normalized spacial score (nSPS) is 10.6. The molecule has 0 aliphatic carbocycles. The minimum atomic E-state index is -0.322. The number of rotatable bonds is 3. The zero-order valence-electron chi connectivity index (χ0n) is 11.1. The molecule has 0 radical (unpaired) electrons. The monoisotopic (exact) mass is 303 g/mol. The fourth-order valence-corrected chi connectivity index (χ4v) is 2.11. The van der Waals surface area contributed by atoms with E-state index in [0.717, 1.165) is 5.56 Å². The Labute approximate surface area is 125 Å². The SMILES string of the molecule is Cn1c(Oc2ccc(F)cc2)nnc1-c1ccccc1Cl. The molecule has 0 aliphatic rings. The highest BCUT2D eigenvalue weighted by Crippen LogP contribution is 2.29. The van der Waals surface area contributed by atoms with Gasteiger partial charge in [0.15, 0.2) is 5.82 Å². The predicted octanol–water partition coefficient (Wildman–Crippen LogP) is 4.07. The molecule has 0 aliphatic heterocycles. The van der Waals surface area contributed by atoms with E-state index in [0.29, 0.717) is 22.6 Å². The van der Waals surface area contributed by atoms with E-state index in [1.807, 2.05) is 18.2 Å². The molecule has 1 heterocycles. The van der Waals surface area contributed by atoms with Crippen LogP contribution in [0.2, 0.25) is 5.02 Å². The van der Waals surface area contributed by atoms with E-state index in [1.165, 1.54) is 24.3 Å². The first-order valence-corrected chi connectivity index (χ1v) is 6.60. The molecule has 0 fully saturated rings. The van der Waals surface area contributed by atoms with Crippen LogP contribution in [-0.4, -0.2) is 14.8 Å². The molecule has 0 atom stereocenters. The van der Waals surface area contributed by atoms with Crippen molar-refractivity contribution in [1.29, 1.82) is 0 Å². The molecular weight excluding hydrogens is 293 g/mol. The van der Waals surface area contributed by atoms with Crippen molar-refractivity contribution in [1.82, 2.24) is 14.8 Å². The van der Waals surface area contributed by atoms with Crippen molar-refractivity contribution in [2.75, 3.05) is 0 Å². The molecule has 0 spiro atoms. The van der Waals surface area contributed by atoms with Gasteiger partial charge >= 0.3 is 6.01 Å². The lowest BCUT2D eigenvalue weighted by Crippen LogP contribution is -1.97. The van der Waals surface area contributed by atoms with Gasteiger partial charge in [-0.15, -0.1) is 5.10 Å². The van der Waals surface area contributed by atoms with Crippen LogP contribution in [0.5, 0.6) is 11.8 Å². The van der Waals surface area contributed by atoms with Crippen LogP contribution in [0.4, 0.5) is 4.39 Å². The Morgan fingerprint density at radius 1 is 1.05 bits per heavy atom. The van der Waals surface area contributed by atoms with Gasteiger partial charge in [0.05, 0.1) is 5.02 Å². The van der Waals surface area contributed by atoms with E-state index < -0.39 is 0 Å². The highest BCUT2D eigenvalue weighted by atomic mass is 35.5. The van der Waals surface area contributed by atoms with E-state index in [1.54, 1.807) is 17.7 Å². The summed E-state index contributed by atoms with van der Waals surface area (Å²) in [6.45, 7) is 0. The van der Waals surface area contributed by atoms with Crippen LogP contribution in [0.15, 0.2) is 48.5 Å². The van der Waals surface area contributed by atoms with Gasteiger partial charge in [-0.05, 0) is 36.4 Å². The molecule has 0 bridgehead atoms. The van der Waals surface area contributed by atoms with Crippen LogP contribution < -0.4 is 4.74 Å². The Balaban J connectivity index is 1.93. The van der Waals surface area contributed by atoms with Crippen LogP contribution in [0.1, 0.15) is 0 Å². The molecule has 106 valence electrons. The number of aromatic nitrogens is 3. The summed E-state index contributed by atoms with van der Waals surface area (Å²) < 4.78 is 20.1. The molecule has 21 heavy (non-hydrogen) atoms. The Morgan fingerprint density at radius 3 is 2.48 bits per heavy atom. The minimum Gasteiger partial charge on any atom is -0.424 e. The minimum absolute atomic E-state index is 0.302. The molecule has 0 saturated carbocycles. The Hall–Kier alpha value is -2.40. The Bertz CT molecular complexity index is 771. The van der Waals surface area contributed by atoms with Crippen molar-refractivity contribution in [2.45, 2.75) is 0 Å². The highest BCUT2D eigenvalue weighted by Gasteiger charge is 2.14. The number of nitrogens with zero attached hydrogens (tertiary/aromatic N) is 3. The quantitative estimate of drug-likeness (QED) is 0.732. The van der Waals surface area contributed by atoms with Crippen molar-refractivity contribution in [3.63, 3.8) is 0 Å². The third-order valence-electron chi connectivity index (χ3n) is 2.97. The topological polar surface area (TPSA) is 39.9 Å². The number of benzene rings is 2. The van der Waals surface area contributed by atoms with Crippen molar-refractivity contribution in [2.24, 2.45) is 7.05 Å². The second-order valence-electron chi connectivity index (χ2n) is 4.40. The number of hydrogen-bond donors (Lipinski definition) is 0. The van der Waals surface area contributed by atoms with Crippen molar-refractivity contribution < 1.29 is 9.13 Å². The summed E-state index contributed by atoms with van der Waals surface area (Å²) in [5, 5.41) is 8.66. The molecule has 3 rings (SSSR count). The highest BCUT2D eigenvalue weighted by molar-refractivity contribution is 6.33. The lowest BCUT2D eigenvalue weighted by atomic mass is 10.2. The molecule has 0 amide bonds. The van der Waals surface area contributed by atoms with Crippen LogP contribution in [0, 0.1) is 5.82 Å². The first kappa shape index (κ1) is 13.6. The maximum absolute atomic E-state index is 12.9. The molecule has 3 aromatic rings. The van der Waals surface area contributed by atoms with Crippen LogP contribution in [-0.2, 0) is 7.05 Å². The Morgan fingerprint density at radius 2 is 1.76 bits per heavy atom. The average Bonchev–Trinajstić information content (AvgIpc) is 2.83. The number of ether oxygens (including phenoxy) is 1. The molecule has 1 aromatic heterocycles. The van der Waals surface area contributed by atoms with Crippen LogP contribution in [0.25, 0.3) is 11.4 Å². The van der Waals surface area contributed by atoms with Gasteiger partial charge in [0.1, 0.15) is 11.6 Å². The fraction of sp³-hybridized carbons (Fsp3) is 0.0667. The van der Waals surface area contributed by atoms with Crippen molar-refractivity contribution in [3.05, 3.63) is 59.4 Å². The van der Waals surface area contributed by atoms with Crippen molar-refractivity contribution >= 4 is 11.6 Å². The second-order valence-corrected chi connectivity index (χ2v) is 4.81. The first-order chi connectivity index (χ1) is 10.1. The first-order valence-electron chi connectivity index (χ1n) is 6.23. The van der Waals surface area contributed by atoms with Gasteiger partial charge in [-0.3, -0.25) is 4.57 Å². The maximum Gasteiger partial charge on any atom is 0.322 e. The lowest BCUT2D eigenvalue weighted by molar-refractivity contribution is 0.422. The molecule has 0 N–H and O–H groups in total. The van der Waals surface area contributed by atoms with Crippen LogP contribution in [0.3, 0.4) is 0 Å². The number of hydrogen-bond acceptors (Lipinski definition) is 3. The summed E-state index contributed by atoms with van der Waals surface area (Å²) in [7, 11) is 1.78. The molecular formula is C15H11ClFN3O. The summed E-state index contributed by atoms with van der Waals surface area (Å²) in [5.74, 6) is 0.757. The number of halogens is 2. The summed E-state index contributed by atoms with van der Waals surface area (Å²) >= 11 is 6.15. The molecule has 0 unspecified atom stereocenters. The smallest absolute Gasteiger partial charge is 0.322 e. The molecule has 0 saturated heterocycles. The van der Waals surface area contributed by atoms with Gasteiger partial charge in [-0.25, -0.2) is 4.39 Å². The zero-order chi connectivity index (χ0) is 14.8. The second kappa shape index (κ2) is 5.54. The van der Waals surface area contributed by atoms with E-state index >= 15 is 0 Å². The van der Waals surface area contributed by atoms with E-state index in [-0.39, 0.29) is 5.82 Å². The summed E-state index contributed by atoms with van der Waals surface area (Å²) in [6, 6.07) is 13.4. The third kappa shape index (κ3) is 2.73. The Kier molecular flexibility index (Phi) is 3.58. The fourth-order valence-electron chi connectivity index (χ4n) is 1.89. The maximum atomic E-state index is 12.9. The molecule has 2 aromatic carbocycles. The largest absolute Gasteiger partial charge is 0.424 e. The summed E-state index contributed by atoms with van der Waals surface area (Å²) in [5.41, 5.74) is 0.767. The third-order valence-corrected chi connectivity index (χ3v) is 3.30. The predicted molar refractivity (Wildman–Crippen MR) is 77.9 cm³/mol. The zero-order valence-corrected chi connectivity index (χ0v) is 11.9. The van der Waals surface area contributed by atoms with Gasteiger partial charge < -0.3 is 4.74 Å². The van der Waals surface area contributed by atoms with Crippen LogP contribution >= 0.6 is 11.6 Å².